The number of aryl methyl sites for hydroxylation is 4. The number of carboxylic acids is 1. The molecule has 3 radical (unpaired) electrons. The van der Waals surface area contributed by atoms with Crippen LogP contribution in [0, 0.1) is 50.4 Å². The van der Waals surface area contributed by atoms with Crippen molar-refractivity contribution in [2.75, 3.05) is 13.1 Å². The van der Waals surface area contributed by atoms with Gasteiger partial charge >= 0.3 is 18.3 Å². The Labute approximate surface area is 410 Å². The minimum Gasteiger partial charge on any atom is -0.481 e. The Morgan fingerprint density at radius 1 is 0.729 bits per heavy atom. The molecule has 4 saturated carbocycles. The summed E-state index contributed by atoms with van der Waals surface area (Å²) in [6, 6.07) is 16.0. The number of aliphatic carboxylic acids is 1. The molecule has 1 amide bonds. The lowest BCUT2D eigenvalue weighted by atomic mass is 9.78. The molecule has 4 N–H and O–H groups in total. The first-order valence-corrected chi connectivity index (χ1v) is 24.7. The number of nitrogens with zero attached hydrogens (tertiary/aromatic N) is 3. The average molecular weight is 972 g/mol. The number of nitrogens with one attached hydrogen (secondary N) is 3. The molecule has 375 valence electrons. The topological polar surface area (TPSA) is 119 Å². The molecule has 0 spiro atoms. The van der Waals surface area contributed by atoms with Crippen molar-refractivity contribution in [1.82, 2.24) is 30.8 Å². The highest BCUT2D eigenvalue weighted by Gasteiger charge is 2.57. The minimum atomic E-state index is -4.43. The number of halogens is 6. The number of fused-ring (bicyclic) bond motifs is 4. The lowest BCUT2D eigenvalue weighted by Crippen LogP contribution is -2.46. The van der Waals surface area contributed by atoms with E-state index in [1.165, 1.54) is 45.5 Å². The molecule has 2 aromatic carbocycles. The van der Waals surface area contributed by atoms with E-state index < -0.39 is 34.9 Å². The first-order chi connectivity index (χ1) is 32.7. The maximum Gasteiger partial charge on any atom is 0.417 e. The van der Waals surface area contributed by atoms with E-state index in [1.807, 2.05) is 0 Å². The van der Waals surface area contributed by atoms with Crippen LogP contribution in [0.1, 0.15) is 131 Å². The molecular formula is C54H66BF6N6O3. The van der Waals surface area contributed by atoms with Crippen LogP contribution in [0.4, 0.5) is 26.3 Å². The average Bonchev–Trinajstić information content (AvgIpc) is 4.08. The maximum atomic E-state index is 13.9. The summed E-state index contributed by atoms with van der Waals surface area (Å²) < 4.78 is 76.5. The zero-order chi connectivity index (χ0) is 49.3. The van der Waals surface area contributed by atoms with E-state index in [9.17, 15) is 41.0 Å². The smallest absolute Gasteiger partial charge is 0.417 e. The van der Waals surface area contributed by atoms with Gasteiger partial charge in [-0.05, 0) is 136 Å². The van der Waals surface area contributed by atoms with Crippen LogP contribution < -0.4 is 16.0 Å². The third kappa shape index (κ3) is 11.6. The van der Waals surface area contributed by atoms with Gasteiger partial charge in [-0.25, -0.2) is 0 Å². The third-order valence-electron chi connectivity index (χ3n) is 16.2. The summed E-state index contributed by atoms with van der Waals surface area (Å²) in [5.74, 6) is 0.291. The van der Waals surface area contributed by atoms with E-state index in [2.05, 4.69) is 90.0 Å². The first kappa shape index (κ1) is 53.0. The molecule has 0 bridgehead atoms. The van der Waals surface area contributed by atoms with Gasteiger partial charge in [0.25, 0.3) is 0 Å². The molecule has 9 nitrogen and oxygen atoms in total. The molecule has 0 saturated heterocycles. The summed E-state index contributed by atoms with van der Waals surface area (Å²) in [6.07, 6.45) is 3.95. The summed E-state index contributed by atoms with van der Waals surface area (Å²) in [4.78, 5) is 35.2. The van der Waals surface area contributed by atoms with Crippen LogP contribution in [0.3, 0.4) is 0 Å². The molecule has 4 aromatic rings. The number of hydrogen-bond acceptors (Lipinski definition) is 7. The molecule has 6 aliphatic rings. The SMILES string of the molecule is Cc1ccc(CNC2CC3CCCC3(C(=O)N3CCc4ncc(C(F)(F)F)cc4C3)C2)c(C)c1.Cc1ccc(CNC2CC3CCCC3(C(=O)O)C2)c(C)c1.FC(F)(F)c1cnc2c(c1)CNCC2.[B]. The number of benzene rings is 2. The number of aromatic nitrogens is 2. The number of carbonyl (C=O) groups is 2. The van der Waals surface area contributed by atoms with E-state index >= 15 is 0 Å². The van der Waals surface area contributed by atoms with Gasteiger partial charge in [0.05, 0.1) is 22.0 Å². The Kier molecular flexibility index (Phi) is 16.3. The highest BCUT2D eigenvalue weighted by molar-refractivity contribution is 5.84. The Balaban J connectivity index is 0.000000170. The Morgan fingerprint density at radius 2 is 1.23 bits per heavy atom. The van der Waals surface area contributed by atoms with Gasteiger partial charge in [0.1, 0.15) is 0 Å². The summed E-state index contributed by atoms with van der Waals surface area (Å²) in [5, 5.41) is 19.9. The monoisotopic (exact) mass is 972 g/mol. The molecule has 2 aromatic heterocycles. The molecule has 10 rings (SSSR count). The van der Waals surface area contributed by atoms with Crippen LogP contribution in [0.5, 0.6) is 0 Å². The lowest BCUT2D eigenvalue weighted by Gasteiger charge is -2.37. The summed E-state index contributed by atoms with van der Waals surface area (Å²) in [6.45, 7) is 12.1. The number of rotatable bonds is 8. The Morgan fingerprint density at radius 3 is 1.74 bits per heavy atom. The summed E-state index contributed by atoms with van der Waals surface area (Å²) >= 11 is 0. The van der Waals surface area contributed by atoms with Gasteiger partial charge in [0, 0.05) is 96.4 Å². The first-order valence-electron chi connectivity index (χ1n) is 24.7. The summed E-state index contributed by atoms with van der Waals surface area (Å²) in [7, 11) is 0. The minimum absolute atomic E-state index is 0. The number of amides is 1. The van der Waals surface area contributed by atoms with Crippen molar-refractivity contribution in [3.63, 3.8) is 0 Å². The summed E-state index contributed by atoms with van der Waals surface area (Å²) in [5.41, 5.74) is 8.15. The Bertz CT molecular complexity index is 2520. The van der Waals surface area contributed by atoms with Crippen LogP contribution >= 0.6 is 0 Å². The van der Waals surface area contributed by atoms with Crippen molar-refractivity contribution < 1.29 is 41.0 Å². The highest BCUT2D eigenvalue weighted by Crippen LogP contribution is 2.56. The largest absolute Gasteiger partial charge is 0.481 e. The highest BCUT2D eigenvalue weighted by atomic mass is 19.4. The fourth-order valence-corrected chi connectivity index (χ4v) is 12.5. The van der Waals surface area contributed by atoms with Crippen LogP contribution in [0.25, 0.3) is 0 Å². The number of carbonyl (C=O) groups excluding carboxylic acids is 1. The molecule has 6 unspecified atom stereocenters. The van der Waals surface area contributed by atoms with E-state index in [4.69, 9.17) is 0 Å². The number of carboxylic acid groups (broad SMARTS) is 1. The Hall–Kier alpha value is -4.80. The normalized spacial score (nSPS) is 25.5. The van der Waals surface area contributed by atoms with Crippen LogP contribution in [-0.2, 0) is 61.0 Å². The van der Waals surface area contributed by atoms with Crippen molar-refractivity contribution in [1.29, 1.82) is 0 Å². The van der Waals surface area contributed by atoms with Crippen molar-refractivity contribution >= 4 is 20.3 Å². The second-order valence-electron chi connectivity index (χ2n) is 20.7. The number of pyridine rings is 2. The second kappa shape index (κ2) is 21.5. The van der Waals surface area contributed by atoms with Crippen molar-refractivity contribution in [3.05, 3.63) is 128 Å². The van der Waals surface area contributed by atoms with Gasteiger partial charge in [0.15, 0.2) is 0 Å². The second-order valence-corrected chi connectivity index (χ2v) is 20.7. The van der Waals surface area contributed by atoms with Crippen molar-refractivity contribution in [3.8, 4) is 0 Å². The molecule has 6 atom stereocenters. The molecular weight excluding hydrogens is 905 g/mol. The molecule has 16 heteroatoms. The van der Waals surface area contributed by atoms with Gasteiger partial charge in [0.2, 0.25) is 5.91 Å². The van der Waals surface area contributed by atoms with E-state index in [-0.39, 0.29) is 32.3 Å². The zero-order valence-electron chi connectivity index (χ0n) is 40.8. The lowest BCUT2D eigenvalue weighted by molar-refractivity contribution is -0.150. The zero-order valence-corrected chi connectivity index (χ0v) is 40.8. The predicted molar refractivity (Wildman–Crippen MR) is 258 cm³/mol. The van der Waals surface area contributed by atoms with Crippen molar-refractivity contribution in [2.45, 2.75) is 155 Å². The van der Waals surface area contributed by atoms with E-state index in [1.54, 1.807) is 4.90 Å². The standard InChI is InChI=1S/C27H32F3N3O.C18H25NO2.C9H9F3N2.B/c1-17-5-6-19(18(2)10-17)14-31-23-12-21-4-3-8-26(21,13-23)25(34)33-9-7-24-20(16-33)11-22(15-32-24)27(28,29)30;1-12-5-6-14(13(2)8-12)11-19-16-9-15-4-3-7-18(15,10-16)17(20)21;10-9(11,12)7-3-6-4-13-2-1-8(6)14-5-7;/h5-6,10-11,15,21,23,31H,3-4,7-9,12-14,16H2,1-2H3;5-6,8,15-16,19H,3-4,7,9-11H2,1-2H3,(H,20,21);3,5,13H,1-2,4H2;. The van der Waals surface area contributed by atoms with Gasteiger partial charge in [-0.2, -0.15) is 26.3 Å². The fourth-order valence-electron chi connectivity index (χ4n) is 12.5. The third-order valence-corrected chi connectivity index (χ3v) is 16.2. The van der Waals surface area contributed by atoms with E-state index in [0.29, 0.717) is 60.6 Å². The van der Waals surface area contributed by atoms with Crippen LogP contribution in [-0.4, -0.2) is 65.4 Å². The van der Waals surface area contributed by atoms with Crippen LogP contribution in [0.15, 0.2) is 60.9 Å². The molecule has 4 fully saturated rings. The molecule has 2 aliphatic heterocycles. The van der Waals surface area contributed by atoms with E-state index in [0.717, 1.165) is 102 Å². The number of hydrogen-bond donors (Lipinski definition) is 4. The quantitative estimate of drug-likeness (QED) is 0.102. The van der Waals surface area contributed by atoms with Crippen LogP contribution in [0.2, 0.25) is 0 Å². The molecule has 4 heterocycles. The number of alkyl halides is 6. The van der Waals surface area contributed by atoms with Gasteiger partial charge in [-0.15, -0.1) is 0 Å². The predicted octanol–water partition coefficient (Wildman–Crippen LogP) is 10.1. The van der Waals surface area contributed by atoms with Gasteiger partial charge in [-0.1, -0.05) is 60.4 Å². The maximum absolute atomic E-state index is 13.9. The fraction of sp³-hybridized carbons (Fsp3) is 0.556. The van der Waals surface area contributed by atoms with Crippen molar-refractivity contribution in [2.24, 2.45) is 22.7 Å². The molecule has 4 aliphatic carbocycles. The molecule has 70 heavy (non-hydrogen) atoms. The van der Waals surface area contributed by atoms with Gasteiger partial charge in [-0.3, -0.25) is 19.6 Å². The van der Waals surface area contributed by atoms with Gasteiger partial charge < -0.3 is 26.0 Å².